The summed E-state index contributed by atoms with van der Waals surface area (Å²) in [5.41, 5.74) is 0.319. The van der Waals surface area contributed by atoms with Gasteiger partial charge in [0.05, 0.1) is 0 Å². The van der Waals surface area contributed by atoms with E-state index in [4.69, 9.17) is 0 Å². The average molecular weight is 298 g/mol. The highest BCUT2D eigenvalue weighted by molar-refractivity contribution is 7.80. The van der Waals surface area contributed by atoms with Crippen LogP contribution in [0.1, 0.15) is 30.6 Å². The number of carbonyl (C=O) groups excluding carboxylic acids is 2. The average Bonchev–Trinajstić information content (AvgIpc) is 2.39. The maximum absolute atomic E-state index is 13.0. The molecule has 1 aromatic carbocycles. The predicted molar refractivity (Wildman–Crippen MR) is 78.4 cm³/mol. The lowest BCUT2D eigenvalue weighted by atomic mass is 10.2. The molecule has 0 saturated heterocycles. The van der Waals surface area contributed by atoms with Crippen LogP contribution in [0.2, 0.25) is 0 Å². The van der Waals surface area contributed by atoms with Crippen molar-refractivity contribution in [2.24, 2.45) is 5.92 Å². The van der Waals surface area contributed by atoms with Crippen LogP contribution in [0, 0.1) is 11.7 Å². The molecule has 0 radical (unpaired) electrons. The van der Waals surface area contributed by atoms with Crippen LogP contribution >= 0.6 is 12.6 Å². The van der Waals surface area contributed by atoms with Crippen LogP contribution in [-0.2, 0) is 4.79 Å². The molecule has 1 rings (SSSR count). The van der Waals surface area contributed by atoms with Gasteiger partial charge in [-0.25, -0.2) is 4.39 Å². The van der Waals surface area contributed by atoms with Gasteiger partial charge in [-0.3, -0.25) is 9.59 Å². The fourth-order valence-corrected chi connectivity index (χ4v) is 1.67. The zero-order valence-electron chi connectivity index (χ0n) is 11.6. The summed E-state index contributed by atoms with van der Waals surface area (Å²) in [4.78, 5) is 23.3. The number of rotatable bonds is 6. The first-order valence-corrected chi connectivity index (χ1v) is 6.88. The predicted octanol–water partition coefficient (Wildman–Crippen LogP) is 2.01. The fraction of sp³-hybridized carbons (Fsp3) is 0.429. The second-order valence-electron chi connectivity index (χ2n) is 4.87. The Balaban J connectivity index is 2.36. The van der Waals surface area contributed by atoms with E-state index in [-0.39, 0.29) is 29.7 Å². The van der Waals surface area contributed by atoms with Gasteiger partial charge in [0, 0.05) is 30.0 Å². The van der Waals surface area contributed by atoms with Gasteiger partial charge in [-0.1, -0.05) is 13.8 Å². The molecule has 110 valence electrons. The molecule has 0 aliphatic rings. The molecule has 2 N–H and O–H groups in total. The van der Waals surface area contributed by atoms with Gasteiger partial charge in [-0.15, -0.1) is 12.6 Å². The van der Waals surface area contributed by atoms with Gasteiger partial charge in [0.15, 0.2) is 0 Å². The van der Waals surface area contributed by atoms with Crippen LogP contribution < -0.4 is 10.6 Å². The Bertz CT molecular complexity index is 492. The summed E-state index contributed by atoms with van der Waals surface area (Å²) in [6.07, 6.45) is 0.216. The van der Waals surface area contributed by atoms with E-state index in [1.807, 2.05) is 13.8 Å². The first-order chi connectivity index (χ1) is 9.40. The number of halogens is 1. The fourth-order valence-electron chi connectivity index (χ4n) is 1.45. The van der Waals surface area contributed by atoms with E-state index in [0.717, 1.165) is 0 Å². The van der Waals surface area contributed by atoms with Crippen molar-refractivity contribution in [3.8, 4) is 0 Å². The van der Waals surface area contributed by atoms with Crippen LogP contribution in [0.5, 0.6) is 0 Å². The smallest absolute Gasteiger partial charge is 0.251 e. The van der Waals surface area contributed by atoms with Crippen LogP contribution in [-0.4, -0.2) is 24.9 Å². The van der Waals surface area contributed by atoms with Gasteiger partial charge in [0.1, 0.15) is 5.82 Å². The minimum Gasteiger partial charge on any atom is -0.356 e. The third-order valence-electron chi connectivity index (χ3n) is 2.55. The van der Waals surface area contributed by atoms with Crippen LogP contribution in [0.3, 0.4) is 0 Å². The summed E-state index contributed by atoms with van der Waals surface area (Å²) in [6.45, 7) is 4.87. The summed E-state index contributed by atoms with van der Waals surface area (Å²) in [6, 6.07) is 3.92. The lowest BCUT2D eigenvalue weighted by molar-refractivity contribution is -0.121. The molecular formula is C14H19FN2O2S. The number of benzene rings is 1. The van der Waals surface area contributed by atoms with Gasteiger partial charge in [0.25, 0.3) is 5.91 Å². The molecule has 0 heterocycles. The van der Waals surface area contributed by atoms with Crippen LogP contribution in [0.4, 0.5) is 4.39 Å². The molecule has 0 fully saturated rings. The van der Waals surface area contributed by atoms with E-state index >= 15 is 0 Å². The van der Waals surface area contributed by atoms with Crippen molar-refractivity contribution in [3.63, 3.8) is 0 Å². The summed E-state index contributed by atoms with van der Waals surface area (Å²) < 4.78 is 13.0. The van der Waals surface area contributed by atoms with Crippen molar-refractivity contribution < 1.29 is 14.0 Å². The molecule has 0 unspecified atom stereocenters. The van der Waals surface area contributed by atoms with Gasteiger partial charge >= 0.3 is 0 Å². The third-order valence-corrected chi connectivity index (χ3v) is 2.90. The Morgan fingerprint density at radius 2 is 2.00 bits per heavy atom. The molecular weight excluding hydrogens is 279 g/mol. The number of amides is 2. The SMILES string of the molecule is CC(C)CNC(=O)CCNC(=O)c1ccc(F)c(S)c1. The molecule has 20 heavy (non-hydrogen) atoms. The molecule has 0 saturated carbocycles. The van der Waals surface area contributed by atoms with E-state index in [1.165, 1.54) is 18.2 Å². The van der Waals surface area contributed by atoms with Gasteiger partial charge in [-0.2, -0.15) is 0 Å². The van der Waals surface area contributed by atoms with E-state index < -0.39 is 5.82 Å². The van der Waals surface area contributed by atoms with Crippen molar-refractivity contribution in [2.75, 3.05) is 13.1 Å². The minimum absolute atomic E-state index is 0.104. The van der Waals surface area contributed by atoms with E-state index in [1.54, 1.807) is 0 Å². The number of carbonyl (C=O) groups is 2. The quantitative estimate of drug-likeness (QED) is 0.704. The molecule has 6 heteroatoms. The zero-order valence-corrected chi connectivity index (χ0v) is 12.5. The highest BCUT2D eigenvalue weighted by Gasteiger charge is 2.09. The highest BCUT2D eigenvalue weighted by atomic mass is 32.1. The van der Waals surface area contributed by atoms with Crippen molar-refractivity contribution in [2.45, 2.75) is 25.2 Å². The summed E-state index contributed by atoms with van der Waals surface area (Å²) in [5, 5.41) is 5.37. The molecule has 0 spiro atoms. The molecule has 2 amide bonds. The first-order valence-electron chi connectivity index (χ1n) is 6.43. The van der Waals surface area contributed by atoms with Crippen molar-refractivity contribution >= 4 is 24.4 Å². The van der Waals surface area contributed by atoms with E-state index in [9.17, 15) is 14.0 Å². The molecule has 0 aliphatic carbocycles. The normalized spacial score (nSPS) is 10.4. The molecule has 4 nitrogen and oxygen atoms in total. The second-order valence-corrected chi connectivity index (χ2v) is 5.35. The summed E-state index contributed by atoms with van der Waals surface area (Å²) in [7, 11) is 0. The second kappa shape index (κ2) is 7.89. The Morgan fingerprint density at radius 3 is 2.60 bits per heavy atom. The number of nitrogens with one attached hydrogen (secondary N) is 2. The van der Waals surface area contributed by atoms with E-state index in [2.05, 4.69) is 23.3 Å². The van der Waals surface area contributed by atoms with Crippen LogP contribution in [0.15, 0.2) is 23.1 Å². The Hall–Kier alpha value is -1.56. The molecule has 0 aliphatic heterocycles. The molecule has 0 bridgehead atoms. The lowest BCUT2D eigenvalue weighted by Gasteiger charge is -2.08. The molecule has 1 aromatic rings. The van der Waals surface area contributed by atoms with Gasteiger partial charge in [0.2, 0.25) is 5.91 Å². The topological polar surface area (TPSA) is 58.2 Å². The van der Waals surface area contributed by atoms with Crippen molar-refractivity contribution in [1.82, 2.24) is 10.6 Å². The first kappa shape index (κ1) is 16.5. The molecule has 0 aromatic heterocycles. The Kier molecular flexibility index (Phi) is 6.51. The van der Waals surface area contributed by atoms with Crippen molar-refractivity contribution in [3.05, 3.63) is 29.6 Å². The number of hydrogen-bond donors (Lipinski definition) is 3. The summed E-state index contributed by atoms with van der Waals surface area (Å²) in [5.74, 6) is -0.538. The number of thiol groups is 1. The van der Waals surface area contributed by atoms with Gasteiger partial charge in [-0.05, 0) is 24.1 Å². The maximum Gasteiger partial charge on any atom is 0.251 e. The number of hydrogen-bond acceptors (Lipinski definition) is 3. The van der Waals surface area contributed by atoms with Crippen LogP contribution in [0.25, 0.3) is 0 Å². The Morgan fingerprint density at radius 1 is 1.30 bits per heavy atom. The van der Waals surface area contributed by atoms with Crippen molar-refractivity contribution in [1.29, 1.82) is 0 Å². The maximum atomic E-state index is 13.0. The van der Waals surface area contributed by atoms with Gasteiger partial charge < -0.3 is 10.6 Å². The molecule has 0 atom stereocenters. The summed E-state index contributed by atoms with van der Waals surface area (Å²) >= 11 is 3.91. The minimum atomic E-state index is -0.474. The standard InChI is InChI=1S/C14H19FN2O2S/c1-9(2)8-17-13(18)5-6-16-14(19)10-3-4-11(15)12(20)7-10/h3-4,7,9,20H,5-6,8H2,1-2H3,(H,16,19)(H,17,18). The Labute approximate surface area is 123 Å². The highest BCUT2D eigenvalue weighted by Crippen LogP contribution is 2.13. The third kappa shape index (κ3) is 5.61. The monoisotopic (exact) mass is 298 g/mol. The van der Waals surface area contributed by atoms with E-state index in [0.29, 0.717) is 18.0 Å². The zero-order chi connectivity index (χ0) is 15.1. The largest absolute Gasteiger partial charge is 0.356 e. The lowest BCUT2D eigenvalue weighted by Crippen LogP contribution is -2.32.